The summed E-state index contributed by atoms with van der Waals surface area (Å²) in [5, 5.41) is 30.9. The summed E-state index contributed by atoms with van der Waals surface area (Å²) in [6, 6.07) is 0. The zero-order valence-corrected chi connectivity index (χ0v) is 47.6. The van der Waals surface area contributed by atoms with E-state index in [1.807, 2.05) is 0 Å². The van der Waals surface area contributed by atoms with E-state index < -0.39 is 59.8 Å². The molecule has 1 aliphatic rings. The largest absolute Gasteiger partial charge is 0.457 e. The summed E-state index contributed by atoms with van der Waals surface area (Å²) in [6.07, 6.45) is 67.6. The lowest BCUT2D eigenvalue weighted by molar-refractivity contribution is -0.301. The van der Waals surface area contributed by atoms with Gasteiger partial charge < -0.3 is 34.3 Å². The molecule has 13 heteroatoms. The van der Waals surface area contributed by atoms with Gasteiger partial charge in [-0.25, -0.2) is 4.18 Å². The van der Waals surface area contributed by atoms with E-state index >= 15 is 0 Å². The molecule has 76 heavy (non-hydrogen) atoms. The van der Waals surface area contributed by atoms with Gasteiger partial charge in [-0.15, -0.1) is 0 Å². The van der Waals surface area contributed by atoms with Gasteiger partial charge in [-0.1, -0.05) is 212 Å². The Balaban J connectivity index is 2.34. The lowest BCUT2D eigenvalue weighted by atomic mass is 9.99. The summed E-state index contributed by atoms with van der Waals surface area (Å²) in [7, 11) is -5.08. The van der Waals surface area contributed by atoms with Crippen molar-refractivity contribution in [3.63, 3.8) is 0 Å². The molecule has 0 aliphatic carbocycles. The maximum absolute atomic E-state index is 13.0. The predicted molar refractivity (Wildman–Crippen MR) is 312 cm³/mol. The van der Waals surface area contributed by atoms with Crippen LogP contribution in [0, 0.1) is 0 Å². The number of esters is 1. The van der Waals surface area contributed by atoms with Crippen molar-refractivity contribution in [2.75, 3.05) is 26.4 Å². The lowest BCUT2D eigenvalue weighted by Crippen LogP contribution is -2.60. The van der Waals surface area contributed by atoms with Gasteiger partial charge in [0.15, 0.2) is 6.29 Å². The first-order valence-electron chi connectivity index (χ1n) is 28.9. The second-order valence-electron chi connectivity index (χ2n) is 19.1. The molecule has 1 aliphatic heterocycles. The van der Waals surface area contributed by atoms with Gasteiger partial charge in [-0.2, -0.15) is 8.42 Å². The average Bonchev–Trinajstić information content (AvgIpc) is 3.40. The molecule has 1 fully saturated rings. The molecular formula is C63H102O12S. The maximum Gasteiger partial charge on any atom is 0.397 e. The summed E-state index contributed by atoms with van der Waals surface area (Å²) < 4.78 is 59.4. The molecule has 6 unspecified atom stereocenters. The topological polar surface area (TPSA) is 178 Å². The smallest absolute Gasteiger partial charge is 0.397 e. The highest BCUT2D eigenvalue weighted by Crippen LogP contribution is 2.26. The number of hydrogen-bond donors (Lipinski definition) is 4. The molecule has 432 valence electrons. The SMILES string of the molecule is CC/C=C\C/C=C\C/C=C\C/C=C\C/C=C\C/C=C\CCCCCCCOCC(COC1OC(CO)C(O)C(OS(=O)(=O)O)C1O)OC(=O)CCCCCCCCCCC/C=C\C/C=C\C/C=C\C/C=C\C/C=C\CC. The molecule has 6 atom stereocenters. The first-order valence-corrected chi connectivity index (χ1v) is 30.3. The van der Waals surface area contributed by atoms with Crippen LogP contribution in [0.1, 0.15) is 194 Å². The van der Waals surface area contributed by atoms with E-state index in [2.05, 4.69) is 152 Å². The van der Waals surface area contributed by atoms with Crippen LogP contribution in [0.25, 0.3) is 0 Å². The van der Waals surface area contributed by atoms with E-state index in [9.17, 15) is 33.1 Å². The Labute approximate surface area is 461 Å². The minimum atomic E-state index is -5.08. The number of allylic oxidation sites excluding steroid dienone is 22. The molecule has 1 saturated heterocycles. The third kappa shape index (κ3) is 44.2. The molecule has 1 rings (SSSR count). The number of hydrogen-bond acceptors (Lipinski definition) is 11. The number of unbranched alkanes of at least 4 members (excludes halogenated alkanes) is 14. The van der Waals surface area contributed by atoms with Gasteiger partial charge in [0.1, 0.15) is 30.5 Å². The Hall–Kier alpha value is -3.76. The van der Waals surface area contributed by atoms with E-state index in [0.29, 0.717) is 13.0 Å². The average molecular weight is 1080 g/mol. The van der Waals surface area contributed by atoms with Crippen LogP contribution >= 0.6 is 0 Å². The van der Waals surface area contributed by atoms with Crippen molar-refractivity contribution in [3.05, 3.63) is 134 Å². The van der Waals surface area contributed by atoms with Crippen LogP contribution in [-0.4, -0.2) is 97.5 Å². The minimum absolute atomic E-state index is 0.0105. The Kier molecular flexibility index (Phi) is 48.0. The number of aliphatic hydroxyl groups is 3. The Morgan fingerprint density at radius 1 is 0.500 bits per heavy atom. The van der Waals surface area contributed by atoms with E-state index in [4.69, 9.17) is 18.9 Å². The van der Waals surface area contributed by atoms with Crippen LogP contribution in [-0.2, 0) is 38.3 Å². The van der Waals surface area contributed by atoms with Crippen LogP contribution in [0.5, 0.6) is 0 Å². The number of carbonyl (C=O) groups is 1. The van der Waals surface area contributed by atoms with Crippen molar-refractivity contribution in [1.82, 2.24) is 0 Å². The van der Waals surface area contributed by atoms with Gasteiger partial charge in [0.25, 0.3) is 0 Å². The van der Waals surface area contributed by atoms with Crippen LogP contribution in [0.4, 0.5) is 0 Å². The fourth-order valence-electron chi connectivity index (χ4n) is 8.00. The quantitative estimate of drug-likeness (QED) is 0.0196. The third-order valence-electron chi connectivity index (χ3n) is 12.3. The monoisotopic (exact) mass is 1080 g/mol. The number of aliphatic hydroxyl groups excluding tert-OH is 3. The molecule has 0 aromatic rings. The predicted octanol–water partition coefficient (Wildman–Crippen LogP) is 14.6. The Morgan fingerprint density at radius 3 is 1.26 bits per heavy atom. The van der Waals surface area contributed by atoms with Crippen LogP contribution in [0.2, 0.25) is 0 Å². The zero-order chi connectivity index (χ0) is 55.3. The second-order valence-corrected chi connectivity index (χ2v) is 20.2. The van der Waals surface area contributed by atoms with Gasteiger partial charge in [0.05, 0.1) is 19.8 Å². The fraction of sp³-hybridized carbons (Fsp3) is 0.635. The molecule has 0 spiro atoms. The summed E-state index contributed by atoms with van der Waals surface area (Å²) in [5.41, 5.74) is 0. The maximum atomic E-state index is 13.0. The highest BCUT2D eigenvalue weighted by molar-refractivity contribution is 7.80. The minimum Gasteiger partial charge on any atom is -0.457 e. The van der Waals surface area contributed by atoms with Crippen molar-refractivity contribution < 1.29 is 56.2 Å². The van der Waals surface area contributed by atoms with Gasteiger partial charge in [0.2, 0.25) is 0 Å². The highest BCUT2D eigenvalue weighted by atomic mass is 32.3. The standard InChI is InChI=1S/C63H102O12S/c1-3-5-7-9-11-13-15-17-19-21-23-25-27-29-30-32-34-36-38-40-42-44-46-48-50-52-59(65)73-57(56-72-63-61(67)62(75-76(68,69)70)60(66)58(54-64)74-63)55-71-53-51-49-47-45-43-41-39-37-35-33-31-28-26-24-22-20-18-16-14-12-10-8-6-4-2/h5-8,11-14,17-20,23-26,29-31,33,37,39,57-58,60-64,66-67H,3-4,9-10,15-16,21-22,27-28,32,34-36,38,40-56H2,1-2H3,(H,68,69,70)/b7-5-,8-6-,13-11-,14-12-,19-17-,20-18-,25-23-,26-24-,30-29-,33-31-,39-37-. The van der Waals surface area contributed by atoms with Gasteiger partial charge in [0, 0.05) is 13.0 Å². The molecule has 1 heterocycles. The summed E-state index contributed by atoms with van der Waals surface area (Å²) in [5.74, 6) is -0.419. The molecule has 12 nitrogen and oxygen atoms in total. The van der Waals surface area contributed by atoms with E-state index in [1.165, 1.54) is 32.1 Å². The summed E-state index contributed by atoms with van der Waals surface area (Å²) in [6.45, 7) is 3.70. The van der Waals surface area contributed by atoms with Gasteiger partial charge in [-0.05, 0) is 109 Å². The van der Waals surface area contributed by atoms with Crippen LogP contribution < -0.4 is 0 Å². The lowest BCUT2D eigenvalue weighted by Gasteiger charge is -2.41. The van der Waals surface area contributed by atoms with E-state index in [0.717, 1.165) is 135 Å². The number of carbonyl (C=O) groups excluding carboxylic acids is 1. The molecule has 0 aromatic heterocycles. The van der Waals surface area contributed by atoms with E-state index in [1.54, 1.807) is 0 Å². The summed E-state index contributed by atoms with van der Waals surface area (Å²) >= 11 is 0. The van der Waals surface area contributed by atoms with Crippen LogP contribution in [0.3, 0.4) is 0 Å². The summed E-state index contributed by atoms with van der Waals surface area (Å²) in [4.78, 5) is 13.0. The molecule has 0 saturated carbocycles. The van der Waals surface area contributed by atoms with Crippen molar-refractivity contribution in [2.45, 2.75) is 230 Å². The van der Waals surface area contributed by atoms with Crippen molar-refractivity contribution >= 4 is 16.4 Å². The number of rotatable bonds is 49. The molecule has 0 radical (unpaired) electrons. The fourth-order valence-corrected chi connectivity index (χ4v) is 8.51. The van der Waals surface area contributed by atoms with E-state index in [-0.39, 0.29) is 19.6 Å². The molecule has 0 aromatic carbocycles. The first kappa shape index (κ1) is 70.3. The third-order valence-corrected chi connectivity index (χ3v) is 12.7. The van der Waals surface area contributed by atoms with Crippen molar-refractivity contribution in [2.24, 2.45) is 0 Å². The highest BCUT2D eigenvalue weighted by Gasteiger charge is 2.48. The zero-order valence-electron chi connectivity index (χ0n) is 46.8. The van der Waals surface area contributed by atoms with Crippen molar-refractivity contribution in [1.29, 1.82) is 0 Å². The second kappa shape index (κ2) is 52.0. The molecular weight excluding hydrogens is 981 g/mol. The van der Waals surface area contributed by atoms with Gasteiger partial charge in [-0.3, -0.25) is 9.35 Å². The van der Waals surface area contributed by atoms with Crippen LogP contribution in [0.15, 0.2) is 134 Å². The van der Waals surface area contributed by atoms with Gasteiger partial charge >= 0.3 is 16.4 Å². The Bertz CT molecular complexity index is 1820. The first-order chi connectivity index (χ1) is 37.1. The molecule has 0 amide bonds. The molecule has 0 bridgehead atoms. The normalized spacial score (nSPS) is 19.6. The number of ether oxygens (including phenoxy) is 4. The Morgan fingerprint density at radius 2 is 0.868 bits per heavy atom. The molecule has 4 N–H and O–H groups in total. The van der Waals surface area contributed by atoms with Crippen molar-refractivity contribution in [3.8, 4) is 0 Å².